The first kappa shape index (κ1) is 19.4. The average Bonchev–Trinajstić information content (AvgIpc) is 3.10. The predicted molar refractivity (Wildman–Crippen MR) is 118 cm³/mol. The van der Waals surface area contributed by atoms with Crippen LogP contribution in [0.15, 0.2) is 54.7 Å². The first-order valence-electron chi connectivity index (χ1n) is 9.91. The van der Waals surface area contributed by atoms with E-state index < -0.39 is 0 Å². The number of hydrogen-bond donors (Lipinski definition) is 1. The number of aryl methyl sites for hydroxylation is 2. The van der Waals surface area contributed by atoms with E-state index >= 15 is 0 Å². The van der Waals surface area contributed by atoms with Crippen LogP contribution in [0, 0.1) is 13.8 Å². The monoisotopic (exact) mass is 430 g/mol. The Bertz CT molecular complexity index is 1280. The van der Waals surface area contributed by atoms with Crippen molar-refractivity contribution >= 4 is 23.3 Å². The first-order valence-corrected chi connectivity index (χ1v) is 10.3. The van der Waals surface area contributed by atoms with E-state index in [1.807, 2.05) is 62.4 Å². The van der Waals surface area contributed by atoms with Gasteiger partial charge < -0.3 is 5.32 Å². The molecule has 1 amide bonds. The van der Waals surface area contributed by atoms with E-state index in [9.17, 15) is 4.79 Å². The van der Waals surface area contributed by atoms with Crippen molar-refractivity contribution in [2.24, 2.45) is 0 Å². The summed E-state index contributed by atoms with van der Waals surface area (Å²) in [7, 11) is 0. The van der Waals surface area contributed by atoms with Gasteiger partial charge in [0.1, 0.15) is 5.82 Å². The van der Waals surface area contributed by atoms with Crippen LogP contribution >= 0.6 is 11.6 Å². The van der Waals surface area contributed by atoms with Crippen LogP contribution in [0.1, 0.15) is 34.7 Å². The van der Waals surface area contributed by atoms with Crippen molar-refractivity contribution in [2.75, 3.05) is 5.32 Å². The number of carbonyl (C=O) groups excluding carboxylic acids is 1. The molecule has 1 unspecified atom stereocenters. The number of aromatic nitrogens is 5. The number of benzene rings is 2. The summed E-state index contributed by atoms with van der Waals surface area (Å²) in [6.07, 6.45) is 1.95. The van der Waals surface area contributed by atoms with Crippen molar-refractivity contribution in [1.29, 1.82) is 0 Å². The standard InChI is InChI=1S/C23H19ClN6O/c1-13-3-5-16(6-4-13)19-12-25-28-23(26-19)30-22-21(14(2)29-30)18(11-20(31)27-22)15-7-9-17(24)10-8-15/h3-10,12,18H,11H2,1-2H3,(H,27,31). The van der Waals surface area contributed by atoms with Crippen molar-refractivity contribution < 1.29 is 4.79 Å². The fourth-order valence-corrected chi connectivity index (χ4v) is 4.04. The molecular weight excluding hydrogens is 412 g/mol. The minimum absolute atomic E-state index is 0.0868. The second kappa shape index (κ2) is 7.59. The number of halogens is 1. The van der Waals surface area contributed by atoms with Crippen LogP contribution in [0.2, 0.25) is 5.02 Å². The third-order valence-electron chi connectivity index (χ3n) is 5.46. The Kier molecular flexibility index (Phi) is 4.75. The van der Waals surface area contributed by atoms with Crippen LogP contribution in [0.3, 0.4) is 0 Å². The highest BCUT2D eigenvalue weighted by Gasteiger charge is 2.33. The number of amides is 1. The molecule has 0 spiro atoms. The molecule has 1 aliphatic heterocycles. The third-order valence-corrected chi connectivity index (χ3v) is 5.71. The third kappa shape index (κ3) is 3.57. The zero-order valence-corrected chi connectivity index (χ0v) is 17.8. The minimum atomic E-state index is -0.122. The number of fused-ring (bicyclic) bond motifs is 1. The lowest BCUT2D eigenvalue weighted by Gasteiger charge is -2.24. The maximum absolute atomic E-state index is 12.6. The molecule has 1 atom stereocenters. The van der Waals surface area contributed by atoms with E-state index in [-0.39, 0.29) is 11.8 Å². The molecule has 0 aliphatic carbocycles. The molecule has 7 nitrogen and oxygen atoms in total. The Balaban J connectivity index is 1.60. The number of nitrogens with zero attached hydrogens (tertiary/aromatic N) is 5. The Morgan fingerprint density at radius 1 is 1.06 bits per heavy atom. The van der Waals surface area contributed by atoms with E-state index in [4.69, 9.17) is 11.6 Å². The zero-order chi connectivity index (χ0) is 21.5. The highest BCUT2D eigenvalue weighted by molar-refractivity contribution is 6.30. The first-order chi connectivity index (χ1) is 15.0. The van der Waals surface area contributed by atoms with Crippen molar-refractivity contribution in [3.63, 3.8) is 0 Å². The van der Waals surface area contributed by atoms with Gasteiger partial charge in [-0.1, -0.05) is 53.6 Å². The quantitative estimate of drug-likeness (QED) is 0.518. The number of nitrogens with one attached hydrogen (secondary N) is 1. The van der Waals surface area contributed by atoms with Gasteiger partial charge in [0.05, 0.1) is 17.6 Å². The maximum atomic E-state index is 12.6. The summed E-state index contributed by atoms with van der Waals surface area (Å²) in [6, 6.07) is 15.6. The topological polar surface area (TPSA) is 85.6 Å². The van der Waals surface area contributed by atoms with Crippen LogP contribution in [-0.4, -0.2) is 30.9 Å². The highest BCUT2D eigenvalue weighted by atomic mass is 35.5. The highest BCUT2D eigenvalue weighted by Crippen LogP contribution is 2.40. The maximum Gasteiger partial charge on any atom is 0.272 e. The average molecular weight is 431 g/mol. The molecule has 5 rings (SSSR count). The van der Waals surface area contributed by atoms with E-state index in [1.165, 1.54) is 5.56 Å². The second-order valence-corrected chi connectivity index (χ2v) is 8.06. The Morgan fingerprint density at radius 2 is 1.81 bits per heavy atom. The second-order valence-electron chi connectivity index (χ2n) is 7.62. The molecule has 2 aromatic carbocycles. The molecule has 2 aromatic heterocycles. The minimum Gasteiger partial charge on any atom is -0.310 e. The van der Waals surface area contributed by atoms with E-state index in [0.29, 0.717) is 28.9 Å². The normalized spacial score (nSPS) is 15.5. The summed E-state index contributed by atoms with van der Waals surface area (Å²) in [5, 5.41) is 16.6. The van der Waals surface area contributed by atoms with Gasteiger partial charge in [0.25, 0.3) is 5.95 Å². The molecule has 0 saturated carbocycles. The van der Waals surface area contributed by atoms with Crippen LogP contribution < -0.4 is 5.32 Å². The predicted octanol–water partition coefficient (Wildman–Crippen LogP) is 4.47. The van der Waals surface area contributed by atoms with Gasteiger partial charge in [0.2, 0.25) is 5.91 Å². The van der Waals surface area contributed by atoms with Crippen LogP contribution in [0.4, 0.5) is 5.82 Å². The zero-order valence-electron chi connectivity index (χ0n) is 17.0. The molecular formula is C23H19ClN6O. The van der Waals surface area contributed by atoms with Gasteiger partial charge in [-0.3, -0.25) is 4.79 Å². The van der Waals surface area contributed by atoms with Gasteiger partial charge >= 0.3 is 0 Å². The Hall–Kier alpha value is -3.58. The van der Waals surface area contributed by atoms with Gasteiger partial charge in [0, 0.05) is 28.5 Å². The Labute approximate surface area is 184 Å². The molecule has 154 valence electrons. The van der Waals surface area contributed by atoms with Crippen LogP contribution in [-0.2, 0) is 4.79 Å². The summed E-state index contributed by atoms with van der Waals surface area (Å²) < 4.78 is 1.56. The SMILES string of the molecule is Cc1ccc(-c2cnnc(-n3nc(C)c4c3NC(=O)CC4c3ccc(Cl)cc3)n2)cc1. The number of anilines is 1. The van der Waals surface area contributed by atoms with Gasteiger partial charge in [-0.05, 0) is 31.5 Å². The van der Waals surface area contributed by atoms with E-state index in [0.717, 1.165) is 22.4 Å². The molecule has 31 heavy (non-hydrogen) atoms. The molecule has 0 fully saturated rings. The fraction of sp³-hybridized carbons (Fsp3) is 0.174. The molecule has 3 heterocycles. The molecule has 1 N–H and O–H groups in total. The van der Waals surface area contributed by atoms with Crippen molar-refractivity contribution in [2.45, 2.75) is 26.2 Å². The van der Waals surface area contributed by atoms with E-state index in [1.54, 1.807) is 10.9 Å². The summed E-state index contributed by atoms with van der Waals surface area (Å²) in [5.41, 5.74) is 5.55. The fourth-order valence-electron chi connectivity index (χ4n) is 3.92. The largest absolute Gasteiger partial charge is 0.310 e. The van der Waals surface area contributed by atoms with Crippen molar-refractivity contribution in [3.8, 4) is 17.2 Å². The molecule has 4 aromatic rings. The van der Waals surface area contributed by atoms with Gasteiger partial charge in [0.15, 0.2) is 0 Å². The smallest absolute Gasteiger partial charge is 0.272 e. The van der Waals surface area contributed by atoms with Crippen LogP contribution in [0.25, 0.3) is 17.2 Å². The number of carbonyl (C=O) groups is 1. The lowest BCUT2D eigenvalue weighted by Crippen LogP contribution is -2.25. The summed E-state index contributed by atoms with van der Waals surface area (Å²) in [4.78, 5) is 17.2. The molecule has 8 heteroatoms. The van der Waals surface area contributed by atoms with Gasteiger partial charge in [-0.15, -0.1) is 5.10 Å². The molecule has 1 aliphatic rings. The van der Waals surface area contributed by atoms with E-state index in [2.05, 4.69) is 25.6 Å². The van der Waals surface area contributed by atoms with Crippen molar-refractivity contribution in [1.82, 2.24) is 25.0 Å². The summed E-state index contributed by atoms with van der Waals surface area (Å²) in [5.74, 6) is 0.676. The number of rotatable bonds is 3. The lowest BCUT2D eigenvalue weighted by molar-refractivity contribution is -0.116. The van der Waals surface area contributed by atoms with Crippen LogP contribution in [0.5, 0.6) is 0 Å². The summed E-state index contributed by atoms with van der Waals surface area (Å²) in [6.45, 7) is 3.96. The number of hydrogen-bond acceptors (Lipinski definition) is 5. The Morgan fingerprint density at radius 3 is 2.55 bits per heavy atom. The van der Waals surface area contributed by atoms with Gasteiger partial charge in [-0.25, -0.2) is 4.98 Å². The molecule has 0 bridgehead atoms. The van der Waals surface area contributed by atoms with Gasteiger partial charge in [-0.2, -0.15) is 14.9 Å². The molecule has 0 saturated heterocycles. The lowest BCUT2D eigenvalue weighted by atomic mass is 9.86. The summed E-state index contributed by atoms with van der Waals surface area (Å²) >= 11 is 6.05. The van der Waals surface area contributed by atoms with Crippen molar-refractivity contribution in [3.05, 3.63) is 82.1 Å². The molecule has 0 radical (unpaired) electrons.